The lowest BCUT2D eigenvalue weighted by Gasteiger charge is -2.08. The van der Waals surface area contributed by atoms with Gasteiger partial charge in [-0.05, 0) is 61.8 Å². The van der Waals surface area contributed by atoms with Crippen LogP contribution >= 0.6 is 0 Å². The Balaban J connectivity index is 1.83. The Bertz CT molecular complexity index is 506. The molecular formula is C18H22O. The second-order valence-corrected chi connectivity index (χ2v) is 5.27. The van der Waals surface area contributed by atoms with E-state index in [9.17, 15) is 5.11 Å². The molecule has 0 aliphatic carbocycles. The SMILES string of the molecule is Cc1cc(CCCCc2ccccc2)cc(C)c1O. The van der Waals surface area contributed by atoms with Gasteiger partial charge in [0.1, 0.15) is 5.75 Å². The average molecular weight is 254 g/mol. The minimum atomic E-state index is 0.438. The first kappa shape index (κ1) is 13.7. The molecule has 0 atom stereocenters. The molecule has 2 aromatic rings. The van der Waals surface area contributed by atoms with Crippen LogP contribution in [0.3, 0.4) is 0 Å². The molecule has 0 aliphatic rings. The maximum atomic E-state index is 9.75. The zero-order valence-electron chi connectivity index (χ0n) is 11.8. The topological polar surface area (TPSA) is 20.2 Å². The van der Waals surface area contributed by atoms with Crippen molar-refractivity contribution in [1.29, 1.82) is 0 Å². The fourth-order valence-electron chi connectivity index (χ4n) is 2.49. The van der Waals surface area contributed by atoms with E-state index in [1.54, 1.807) is 0 Å². The molecule has 2 aromatic carbocycles. The average Bonchev–Trinajstić information content (AvgIpc) is 2.42. The number of phenolic OH excluding ortho intramolecular Hbond substituents is 1. The fourth-order valence-corrected chi connectivity index (χ4v) is 2.49. The number of hydrogen-bond donors (Lipinski definition) is 1. The van der Waals surface area contributed by atoms with Crippen molar-refractivity contribution in [3.8, 4) is 5.75 Å². The van der Waals surface area contributed by atoms with Gasteiger partial charge in [0.25, 0.3) is 0 Å². The van der Waals surface area contributed by atoms with Crippen LogP contribution in [-0.4, -0.2) is 5.11 Å². The highest BCUT2D eigenvalue weighted by Gasteiger charge is 2.03. The van der Waals surface area contributed by atoms with Gasteiger partial charge < -0.3 is 5.11 Å². The summed E-state index contributed by atoms with van der Waals surface area (Å²) >= 11 is 0. The lowest BCUT2D eigenvalue weighted by atomic mass is 10.00. The Morgan fingerprint density at radius 1 is 0.789 bits per heavy atom. The fraction of sp³-hybridized carbons (Fsp3) is 0.333. The van der Waals surface area contributed by atoms with Crippen LogP contribution in [-0.2, 0) is 12.8 Å². The van der Waals surface area contributed by atoms with Crippen molar-refractivity contribution in [2.24, 2.45) is 0 Å². The van der Waals surface area contributed by atoms with Crippen molar-refractivity contribution in [3.05, 3.63) is 64.7 Å². The normalized spacial score (nSPS) is 10.6. The number of unbranched alkanes of at least 4 members (excludes halogenated alkanes) is 1. The van der Waals surface area contributed by atoms with Crippen molar-refractivity contribution in [3.63, 3.8) is 0 Å². The highest BCUT2D eigenvalue weighted by molar-refractivity contribution is 5.42. The van der Waals surface area contributed by atoms with Gasteiger partial charge in [-0.3, -0.25) is 0 Å². The molecule has 0 radical (unpaired) electrons. The van der Waals surface area contributed by atoms with E-state index in [4.69, 9.17) is 0 Å². The Labute approximate surface area is 115 Å². The third kappa shape index (κ3) is 3.85. The van der Waals surface area contributed by atoms with Crippen LogP contribution in [0.15, 0.2) is 42.5 Å². The molecule has 0 amide bonds. The second kappa shape index (κ2) is 6.42. The van der Waals surface area contributed by atoms with Crippen molar-refractivity contribution < 1.29 is 5.11 Å². The summed E-state index contributed by atoms with van der Waals surface area (Å²) in [5, 5.41) is 9.75. The van der Waals surface area contributed by atoms with Crippen LogP contribution in [0.25, 0.3) is 0 Å². The number of aryl methyl sites for hydroxylation is 4. The minimum absolute atomic E-state index is 0.438. The van der Waals surface area contributed by atoms with Gasteiger partial charge in [0.2, 0.25) is 0 Å². The monoisotopic (exact) mass is 254 g/mol. The summed E-state index contributed by atoms with van der Waals surface area (Å²) in [7, 11) is 0. The Hall–Kier alpha value is -1.76. The second-order valence-electron chi connectivity index (χ2n) is 5.27. The minimum Gasteiger partial charge on any atom is -0.507 e. The molecule has 1 nitrogen and oxygen atoms in total. The van der Waals surface area contributed by atoms with Crippen LogP contribution in [0.2, 0.25) is 0 Å². The van der Waals surface area contributed by atoms with Gasteiger partial charge in [-0.15, -0.1) is 0 Å². The van der Waals surface area contributed by atoms with Gasteiger partial charge in [-0.1, -0.05) is 42.5 Å². The standard InChI is InChI=1S/C18H22O/c1-14-12-17(13-15(2)18(14)19)11-7-6-10-16-8-4-3-5-9-16/h3-5,8-9,12-13,19H,6-7,10-11H2,1-2H3. The van der Waals surface area contributed by atoms with E-state index in [0.717, 1.165) is 24.0 Å². The highest BCUT2D eigenvalue weighted by Crippen LogP contribution is 2.23. The first-order valence-electron chi connectivity index (χ1n) is 7.00. The summed E-state index contributed by atoms with van der Waals surface area (Å²) in [5.74, 6) is 0.438. The maximum absolute atomic E-state index is 9.75. The molecule has 0 saturated heterocycles. The van der Waals surface area contributed by atoms with Crippen LogP contribution in [0.4, 0.5) is 0 Å². The number of benzene rings is 2. The first-order chi connectivity index (χ1) is 9.16. The van der Waals surface area contributed by atoms with E-state index in [2.05, 4.69) is 42.5 Å². The van der Waals surface area contributed by atoms with Gasteiger partial charge in [0.15, 0.2) is 0 Å². The number of rotatable bonds is 5. The lowest BCUT2D eigenvalue weighted by molar-refractivity contribution is 0.466. The van der Waals surface area contributed by atoms with E-state index in [1.165, 1.54) is 24.0 Å². The Kier molecular flexibility index (Phi) is 4.62. The number of phenols is 1. The molecule has 0 heterocycles. The Morgan fingerprint density at radius 3 is 1.89 bits per heavy atom. The summed E-state index contributed by atoms with van der Waals surface area (Å²) in [6, 6.07) is 14.8. The summed E-state index contributed by atoms with van der Waals surface area (Å²) in [5.41, 5.74) is 4.72. The van der Waals surface area contributed by atoms with E-state index >= 15 is 0 Å². The molecule has 0 aliphatic heterocycles. The Morgan fingerprint density at radius 2 is 1.32 bits per heavy atom. The predicted octanol–water partition coefficient (Wildman–Crippen LogP) is 4.57. The highest BCUT2D eigenvalue weighted by atomic mass is 16.3. The van der Waals surface area contributed by atoms with Crippen LogP contribution in [0.1, 0.15) is 35.1 Å². The third-order valence-electron chi connectivity index (χ3n) is 3.57. The largest absolute Gasteiger partial charge is 0.507 e. The summed E-state index contributed by atoms with van der Waals surface area (Å²) < 4.78 is 0. The number of aromatic hydroxyl groups is 1. The van der Waals surface area contributed by atoms with Crippen molar-refractivity contribution >= 4 is 0 Å². The molecule has 0 saturated carbocycles. The van der Waals surface area contributed by atoms with Crippen molar-refractivity contribution in [2.75, 3.05) is 0 Å². The third-order valence-corrected chi connectivity index (χ3v) is 3.57. The molecule has 0 unspecified atom stereocenters. The van der Waals surface area contributed by atoms with Gasteiger partial charge >= 0.3 is 0 Å². The summed E-state index contributed by atoms with van der Waals surface area (Å²) in [4.78, 5) is 0. The smallest absolute Gasteiger partial charge is 0.121 e. The zero-order chi connectivity index (χ0) is 13.7. The predicted molar refractivity (Wildman–Crippen MR) is 80.7 cm³/mol. The van der Waals surface area contributed by atoms with Gasteiger partial charge in [0, 0.05) is 0 Å². The molecule has 100 valence electrons. The molecule has 1 heteroatoms. The molecule has 0 aromatic heterocycles. The molecule has 1 N–H and O–H groups in total. The number of hydrogen-bond acceptors (Lipinski definition) is 1. The molecular weight excluding hydrogens is 232 g/mol. The van der Waals surface area contributed by atoms with Crippen LogP contribution < -0.4 is 0 Å². The van der Waals surface area contributed by atoms with E-state index in [1.807, 2.05) is 13.8 Å². The van der Waals surface area contributed by atoms with Crippen LogP contribution in [0, 0.1) is 13.8 Å². The van der Waals surface area contributed by atoms with Crippen molar-refractivity contribution in [2.45, 2.75) is 39.5 Å². The molecule has 2 rings (SSSR count). The van der Waals surface area contributed by atoms with E-state index in [-0.39, 0.29) is 0 Å². The van der Waals surface area contributed by atoms with Gasteiger partial charge in [0.05, 0.1) is 0 Å². The first-order valence-corrected chi connectivity index (χ1v) is 7.00. The molecule has 0 spiro atoms. The lowest BCUT2D eigenvalue weighted by Crippen LogP contribution is -1.91. The molecule has 0 fully saturated rings. The zero-order valence-corrected chi connectivity index (χ0v) is 11.8. The maximum Gasteiger partial charge on any atom is 0.121 e. The quantitative estimate of drug-likeness (QED) is 0.775. The van der Waals surface area contributed by atoms with Crippen LogP contribution in [0.5, 0.6) is 5.75 Å². The van der Waals surface area contributed by atoms with Gasteiger partial charge in [-0.2, -0.15) is 0 Å². The van der Waals surface area contributed by atoms with Gasteiger partial charge in [-0.25, -0.2) is 0 Å². The summed E-state index contributed by atoms with van der Waals surface area (Å²) in [6.45, 7) is 3.94. The van der Waals surface area contributed by atoms with Crippen molar-refractivity contribution in [1.82, 2.24) is 0 Å². The molecule has 19 heavy (non-hydrogen) atoms. The molecule has 0 bridgehead atoms. The summed E-state index contributed by atoms with van der Waals surface area (Å²) in [6.07, 6.45) is 4.65. The van der Waals surface area contributed by atoms with E-state index < -0.39 is 0 Å². The van der Waals surface area contributed by atoms with E-state index in [0.29, 0.717) is 5.75 Å².